The molecule has 0 spiro atoms. The fourth-order valence-electron chi connectivity index (χ4n) is 1.86. The smallest absolute Gasteiger partial charge is 0.161 e. The minimum atomic E-state index is 0.270. The molecular formula is C12H11N7O. The molecule has 0 saturated heterocycles. The summed E-state index contributed by atoms with van der Waals surface area (Å²) in [5.74, 6) is 1.21. The molecule has 100 valence electrons. The molecule has 0 aliphatic carbocycles. The summed E-state index contributed by atoms with van der Waals surface area (Å²) in [6.07, 6.45) is 3.20. The highest BCUT2D eigenvalue weighted by atomic mass is 16.5. The van der Waals surface area contributed by atoms with Crippen molar-refractivity contribution in [3.05, 3.63) is 35.9 Å². The van der Waals surface area contributed by atoms with Crippen LogP contribution in [0.3, 0.4) is 0 Å². The van der Waals surface area contributed by atoms with Gasteiger partial charge in [0.15, 0.2) is 11.5 Å². The second-order valence-corrected chi connectivity index (χ2v) is 4.08. The highest BCUT2D eigenvalue weighted by molar-refractivity contribution is 5.72. The molecular weight excluding hydrogens is 258 g/mol. The lowest BCUT2D eigenvalue weighted by molar-refractivity contribution is 0.181. The van der Waals surface area contributed by atoms with Crippen molar-refractivity contribution in [2.45, 2.75) is 6.61 Å². The van der Waals surface area contributed by atoms with E-state index in [9.17, 15) is 0 Å². The average Bonchev–Trinajstić information content (AvgIpc) is 3.08. The number of ether oxygens (including phenoxy) is 1. The fourth-order valence-corrected chi connectivity index (χ4v) is 1.86. The molecule has 0 aliphatic rings. The van der Waals surface area contributed by atoms with E-state index in [0.717, 1.165) is 11.2 Å². The lowest BCUT2D eigenvalue weighted by Gasteiger charge is -2.04. The zero-order chi connectivity index (χ0) is 13.9. The van der Waals surface area contributed by atoms with Gasteiger partial charge in [-0.2, -0.15) is 15.5 Å². The SMILES string of the molecule is COCc1cc2c(Nc3ccn[nH]3)nc(C#N)cn2n1. The lowest BCUT2D eigenvalue weighted by Crippen LogP contribution is -2.01. The van der Waals surface area contributed by atoms with Gasteiger partial charge in [-0.3, -0.25) is 5.10 Å². The molecule has 3 aromatic heterocycles. The van der Waals surface area contributed by atoms with Gasteiger partial charge in [0.25, 0.3) is 0 Å². The largest absolute Gasteiger partial charge is 0.378 e. The van der Waals surface area contributed by atoms with Gasteiger partial charge in [-0.25, -0.2) is 9.50 Å². The minimum absolute atomic E-state index is 0.270. The number of aromatic amines is 1. The van der Waals surface area contributed by atoms with E-state index in [1.807, 2.05) is 12.1 Å². The Morgan fingerprint density at radius 3 is 3.15 bits per heavy atom. The molecule has 0 amide bonds. The van der Waals surface area contributed by atoms with Gasteiger partial charge in [0.2, 0.25) is 0 Å². The molecule has 3 aromatic rings. The van der Waals surface area contributed by atoms with Crippen LogP contribution in [-0.4, -0.2) is 31.9 Å². The van der Waals surface area contributed by atoms with Gasteiger partial charge in [0.05, 0.1) is 24.7 Å². The van der Waals surface area contributed by atoms with Crippen molar-refractivity contribution in [1.82, 2.24) is 24.8 Å². The monoisotopic (exact) mass is 269 g/mol. The van der Waals surface area contributed by atoms with Crippen molar-refractivity contribution in [3.8, 4) is 6.07 Å². The van der Waals surface area contributed by atoms with Crippen molar-refractivity contribution in [3.63, 3.8) is 0 Å². The van der Waals surface area contributed by atoms with E-state index in [4.69, 9.17) is 10.00 Å². The Morgan fingerprint density at radius 1 is 1.55 bits per heavy atom. The fraction of sp³-hybridized carbons (Fsp3) is 0.167. The van der Waals surface area contributed by atoms with E-state index in [2.05, 4.69) is 25.6 Å². The van der Waals surface area contributed by atoms with Crippen LogP contribution >= 0.6 is 0 Å². The number of nitriles is 1. The van der Waals surface area contributed by atoms with Crippen LogP contribution < -0.4 is 5.32 Å². The standard InChI is InChI=1S/C12H11N7O/c1-20-7-8-4-10-12(16-11-2-3-14-17-11)15-9(5-13)6-19(10)18-8/h2-4,6H,7H2,1H3,(H2,14,15,16,17). The quantitative estimate of drug-likeness (QED) is 0.737. The number of H-pyrrole nitrogens is 1. The molecule has 3 rings (SSSR count). The van der Waals surface area contributed by atoms with E-state index in [1.165, 1.54) is 0 Å². The van der Waals surface area contributed by atoms with Crippen LogP contribution in [0, 0.1) is 11.3 Å². The number of hydrogen-bond acceptors (Lipinski definition) is 6. The summed E-state index contributed by atoms with van der Waals surface area (Å²) >= 11 is 0. The van der Waals surface area contributed by atoms with E-state index in [-0.39, 0.29) is 5.69 Å². The first-order valence-electron chi connectivity index (χ1n) is 5.85. The molecule has 8 heteroatoms. The van der Waals surface area contributed by atoms with Crippen LogP contribution in [-0.2, 0) is 11.3 Å². The van der Waals surface area contributed by atoms with Crippen molar-refractivity contribution in [2.24, 2.45) is 0 Å². The van der Waals surface area contributed by atoms with E-state index in [0.29, 0.717) is 18.2 Å². The maximum atomic E-state index is 9.03. The first-order chi connectivity index (χ1) is 9.80. The summed E-state index contributed by atoms with van der Waals surface area (Å²) in [4.78, 5) is 4.25. The number of fused-ring (bicyclic) bond motifs is 1. The Bertz CT molecular complexity index is 769. The molecule has 0 aromatic carbocycles. The van der Waals surface area contributed by atoms with Gasteiger partial charge < -0.3 is 10.1 Å². The Kier molecular flexibility index (Phi) is 3.02. The molecule has 8 nitrogen and oxygen atoms in total. The summed E-state index contributed by atoms with van der Waals surface area (Å²) in [6, 6.07) is 5.64. The molecule has 0 fully saturated rings. The topological polar surface area (TPSA) is 104 Å². The predicted octanol–water partition coefficient (Wildman–Crippen LogP) is 1.21. The molecule has 20 heavy (non-hydrogen) atoms. The number of methoxy groups -OCH3 is 1. The van der Waals surface area contributed by atoms with Gasteiger partial charge in [-0.05, 0) is 6.07 Å². The number of anilines is 2. The van der Waals surface area contributed by atoms with Crippen molar-refractivity contribution in [1.29, 1.82) is 5.26 Å². The number of rotatable bonds is 4. The van der Waals surface area contributed by atoms with Crippen molar-refractivity contribution in [2.75, 3.05) is 12.4 Å². The Labute approximate surface area is 114 Å². The summed E-state index contributed by atoms with van der Waals surface area (Å²) in [7, 11) is 1.60. The highest BCUT2D eigenvalue weighted by Crippen LogP contribution is 2.20. The van der Waals surface area contributed by atoms with E-state index >= 15 is 0 Å². The normalized spacial score (nSPS) is 10.6. The maximum Gasteiger partial charge on any atom is 0.161 e. The summed E-state index contributed by atoms with van der Waals surface area (Å²) in [5, 5.41) is 23.1. The number of nitrogens with zero attached hydrogens (tertiary/aromatic N) is 5. The second kappa shape index (κ2) is 4.99. The number of aromatic nitrogens is 5. The summed E-state index contributed by atoms with van der Waals surface area (Å²) < 4.78 is 6.67. The Balaban J connectivity index is 2.10. The third-order valence-corrected chi connectivity index (χ3v) is 2.67. The molecule has 0 radical (unpaired) electrons. The van der Waals surface area contributed by atoms with Gasteiger partial charge in [0.1, 0.15) is 17.4 Å². The molecule has 3 heterocycles. The number of nitrogens with one attached hydrogen (secondary N) is 2. The van der Waals surface area contributed by atoms with Crippen LogP contribution in [0.5, 0.6) is 0 Å². The van der Waals surface area contributed by atoms with Gasteiger partial charge in [-0.15, -0.1) is 0 Å². The third kappa shape index (κ3) is 2.17. The lowest BCUT2D eigenvalue weighted by atomic mass is 10.3. The zero-order valence-electron chi connectivity index (χ0n) is 10.7. The molecule has 0 atom stereocenters. The maximum absolute atomic E-state index is 9.03. The van der Waals surface area contributed by atoms with Crippen molar-refractivity contribution >= 4 is 17.2 Å². The molecule has 0 unspecified atom stereocenters. The molecule has 0 saturated carbocycles. The van der Waals surface area contributed by atoms with Crippen LogP contribution in [0.1, 0.15) is 11.4 Å². The Hall–Kier alpha value is -2.92. The first kappa shape index (κ1) is 12.1. The second-order valence-electron chi connectivity index (χ2n) is 4.08. The zero-order valence-corrected chi connectivity index (χ0v) is 10.7. The van der Waals surface area contributed by atoms with Gasteiger partial charge in [0, 0.05) is 13.2 Å². The third-order valence-electron chi connectivity index (χ3n) is 2.67. The molecule has 2 N–H and O–H groups in total. The molecule has 0 bridgehead atoms. The Morgan fingerprint density at radius 2 is 2.45 bits per heavy atom. The summed E-state index contributed by atoms with van der Waals surface area (Å²) in [5.41, 5.74) is 1.79. The van der Waals surface area contributed by atoms with Crippen LogP contribution in [0.25, 0.3) is 5.52 Å². The highest BCUT2D eigenvalue weighted by Gasteiger charge is 2.10. The number of hydrogen-bond donors (Lipinski definition) is 2. The van der Waals surface area contributed by atoms with Crippen LogP contribution in [0.15, 0.2) is 24.5 Å². The predicted molar refractivity (Wildman–Crippen MR) is 70.3 cm³/mol. The average molecular weight is 269 g/mol. The van der Waals surface area contributed by atoms with Crippen LogP contribution in [0.2, 0.25) is 0 Å². The molecule has 0 aliphatic heterocycles. The first-order valence-corrected chi connectivity index (χ1v) is 5.85. The van der Waals surface area contributed by atoms with Gasteiger partial charge >= 0.3 is 0 Å². The van der Waals surface area contributed by atoms with E-state index < -0.39 is 0 Å². The van der Waals surface area contributed by atoms with E-state index in [1.54, 1.807) is 30.1 Å². The van der Waals surface area contributed by atoms with Crippen LogP contribution in [0.4, 0.5) is 11.6 Å². The summed E-state index contributed by atoms with van der Waals surface area (Å²) in [6.45, 7) is 0.396. The van der Waals surface area contributed by atoms with Crippen molar-refractivity contribution < 1.29 is 4.74 Å². The van der Waals surface area contributed by atoms with Gasteiger partial charge in [-0.1, -0.05) is 0 Å². The minimum Gasteiger partial charge on any atom is -0.378 e.